The minimum atomic E-state index is -2.09. The van der Waals surface area contributed by atoms with Gasteiger partial charge >= 0.3 is 17.9 Å². The molecule has 1 amide bonds. The van der Waals surface area contributed by atoms with E-state index >= 15 is 0 Å². The van der Waals surface area contributed by atoms with Crippen LogP contribution in [0.4, 0.5) is 5.69 Å². The third-order valence-electron chi connectivity index (χ3n) is 4.67. The third-order valence-corrected chi connectivity index (χ3v) is 4.67. The van der Waals surface area contributed by atoms with E-state index in [1.54, 1.807) is 67.6 Å². The zero-order valence-electron chi connectivity index (χ0n) is 17.6. The molecule has 0 aliphatic rings. The van der Waals surface area contributed by atoms with E-state index in [0.29, 0.717) is 11.3 Å². The first-order valence-corrected chi connectivity index (χ1v) is 9.98. The number of amides is 1. The van der Waals surface area contributed by atoms with Crippen LogP contribution in [0.25, 0.3) is 0 Å². The molecule has 3 aromatic rings. The summed E-state index contributed by atoms with van der Waals surface area (Å²) in [6, 6.07) is 22.2. The summed E-state index contributed by atoms with van der Waals surface area (Å²) in [5.74, 6) is -4.53. The Bertz CT molecular complexity index is 1150. The Morgan fingerprint density at radius 3 is 1.64 bits per heavy atom. The van der Waals surface area contributed by atoms with Crippen LogP contribution in [0.3, 0.4) is 0 Å². The Hall–Kier alpha value is -4.46. The fourth-order valence-corrected chi connectivity index (χ4v) is 2.93. The van der Waals surface area contributed by atoms with Gasteiger partial charge in [-0.1, -0.05) is 54.6 Å². The minimum Gasteiger partial charge on any atom is -0.478 e. The molecule has 0 saturated carbocycles. The van der Waals surface area contributed by atoms with Gasteiger partial charge in [0.15, 0.2) is 0 Å². The van der Waals surface area contributed by atoms with Gasteiger partial charge in [-0.15, -0.1) is 0 Å². The van der Waals surface area contributed by atoms with Crippen molar-refractivity contribution in [3.63, 3.8) is 0 Å². The summed E-state index contributed by atoms with van der Waals surface area (Å²) in [6.07, 6.45) is -4.04. The Morgan fingerprint density at radius 1 is 0.697 bits per heavy atom. The number of esters is 2. The summed E-state index contributed by atoms with van der Waals surface area (Å²) < 4.78 is 10.4. The van der Waals surface area contributed by atoms with Crippen LogP contribution in [0.1, 0.15) is 26.3 Å². The number of carboxylic acids is 1. The van der Waals surface area contributed by atoms with Crippen molar-refractivity contribution in [2.75, 3.05) is 5.32 Å². The van der Waals surface area contributed by atoms with Gasteiger partial charge in [-0.05, 0) is 42.8 Å². The number of aryl methyl sites for hydroxylation is 1. The fraction of sp³-hybridized carbons (Fsp3) is 0.120. The smallest absolute Gasteiger partial charge is 0.349 e. The SMILES string of the molecule is Cc1ccccc1NC(=O)[C@@H](OC(=O)c1ccccc1)[C@H](OC(=O)c1ccccc1)C(=O)O. The van der Waals surface area contributed by atoms with Gasteiger partial charge in [0.25, 0.3) is 5.91 Å². The molecule has 0 spiro atoms. The third kappa shape index (κ3) is 6.04. The second-order valence-electron chi connectivity index (χ2n) is 7.03. The molecule has 0 saturated heterocycles. The van der Waals surface area contributed by atoms with Crippen molar-refractivity contribution in [2.45, 2.75) is 19.1 Å². The second-order valence-corrected chi connectivity index (χ2v) is 7.03. The van der Waals surface area contributed by atoms with E-state index in [0.717, 1.165) is 0 Å². The van der Waals surface area contributed by atoms with E-state index in [1.807, 2.05) is 0 Å². The molecule has 0 aliphatic heterocycles. The first-order valence-electron chi connectivity index (χ1n) is 9.98. The quantitative estimate of drug-likeness (QED) is 0.508. The molecule has 2 N–H and O–H groups in total. The highest BCUT2D eigenvalue weighted by atomic mass is 16.6. The standard InChI is InChI=1S/C25H21NO7/c1-16-10-8-9-15-19(16)26-22(27)20(32-24(30)17-11-4-2-5-12-17)21(23(28)29)33-25(31)18-13-6-3-7-14-18/h2-15,20-21H,1H3,(H,26,27)(H,28,29)/t20-,21-/m0/s1. The van der Waals surface area contributed by atoms with Crippen molar-refractivity contribution in [3.05, 3.63) is 102 Å². The van der Waals surface area contributed by atoms with Crippen LogP contribution in [-0.2, 0) is 19.1 Å². The summed E-state index contributed by atoms with van der Waals surface area (Å²) in [4.78, 5) is 50.2. The molecule has 0 aromatic heterocycles. The van der Waals surface area contributed by atoms with E-state index < -0.39 is 36.0 Å². The molecule has 3 aromatic carbocycles. The molecule has 0 bridgehead atoms. The number of para-hydroxylation sites is 1. The summed E-state index contributed by atoms with van der Waals surface area (Å²) in [5.41, 5.74) is 1.27. The lowest BCUT2D eigenvalue weighted by Gasteiger charge is -2.24. The molecular formula is C25H21NO7. The highest BCUT2D eigenvalue weighted by molar-refractivity contribution is 6.01. The van der Waals surface area contributed by atoms with Crippen molar-refractivity contribution in [3.8, 4) is 0 Å². The number of anilines is 1. The summed E-state index contributed by atoms with van der Waals surface area (Å²) in [5, 5.41) is 12.3. The van der Waals surface area contributed by atoms with Gasteiger partial charge in [-0.2, -0.15) is 0 Å². The van der Waals surface area contributed by atoms with Crippen LogP contribution in [-0.4, -0.2) is 41.1 Å². The molecule has 3 rings (SSSR count). The molecule has 8 nitrogen and oxygen atoms in total. The number of carbonyl (C=O) groups is 4. The van der Waals surface area contributed by atoms with Crippen molar-refractivity contribution in [2.24, 2.45) is 0 Å². The van der Waals surface area contributed by atoms with Crippen LogP contribution >= 0.6 is 0 Å². The Kier molecular flexibility index (Phi) is 7.54. The van der Waals surface area contributed by atoms with Crippen molar-refractivity contribution in [1.29, 1.82) is 0 Å². The van der Waals surface area contributed by atoms with E-state index in [1.165, 1.54) is 24.3 Å². The van der Waals surface area contributed by atoms with Gasteiger partial charge in [-0.3, -0.25) is 4.79 Å². The van der Waals surface area contributed by atoms with Gasteiger partial charge in [0.1, 0.15) is 0 Å². The van der Waals surface area contributed by atoms with Crippen LogP contribution < -0.4 is 5.32 Å². The number of rotatable bonds is 8. The van der Waals surface area contributed by atoms with Crippen LogP contribution in [0.5, 0.6) is 0 Å². The van der Waals surface area contributed by atoms with Gasteiger partial charge in [-0.25, -0.2) is 14.4 Å². The average molecular weight is 447 g/mol. The number of hydrogen-bond acceptors (Lipinski definition) is 6. The van der Waals surface area contributed by atoms with Gasteiger partial charge in [0, 0.05) is 5.69 Å². The van der Waals surface area contributed by atoms with Gasteiger partial charge < -0.3 is 19.9 Å². The molecule has 0 radical (unpaired) electrons. The molecule has 0 unspecified atom stereocenters. The number of nitrogens with one attached hydrogen (secondary N) is 1. The number of carboxylic acid groups (broad SMARTS) is 1. The van der Waals surface area contributed by atoms with Gasteiger partial charge in [0.05, 0.1) is 11.1 Å². The molecule has 33 heavy (non-hydrogen) atoms. The number of ether oxygens (including phenoxy) is 2. The predicted octanol–water partition coefficient (Wildman–Crippen LogP) is 3.47. The van der Waals surface area contributed by atoms with E-state index in [4.69, 9.17) is 9.47 Å². The topological polar surface area (TPSA) is 119 Å². The maximum absolute atomic E-state index is 13.1. The van der Waals surface area contributed by atoms with Crippen LogP contribution in [0.2, 0.25) is 0 Å². The lowest BCUT2D eigenvalue weighted by molar-refractivity contribution is -0.157. The second kappa shape index (κ2) is 10.7. The van der Waals surface area contributed by atoms with Crippen LogP contribution in [0, 0.1) is 6.92 Å². The first kappa shape index (κ1) is 23.2. The Balaban J connectivity index is 1.91. The largest absolute Gasteiger partial charge is 0.478 e. The molecule has 8 heteroatoms. The lowest BCUT2D eigenvalue weighted by Crippen LogP contribution is -2.48. The maximum Gasteiger partial charge on any atom is 0.349 e. The minimum absolute atomic E-state index is 0.0798. The predicted molar refractivity (Wildman–Crippen MR) is 119 cm³/mol. The summed E-state index contributed by atoms with van der Waals surface area (Å²) in [7, 11) is 0. The Morgan fingerprint density at radius 2 is 1.15 bits per heavy atom. The zero-order valence-corrected chi connectivity index (χ0v) is 17.6. The van der Waals surface area contributed by atoms with E-state index in [2.05, 4.69) is 5.32 Å². The van der Waals surface area contributed by atoms with E-state index in [-0.39, 0.29) is 11.1 Å². The molecule has 0 heterocycles. The van der Waals surface area contributed by atoms with Crippen LogP contribution in [0.15, 0.2) is 84.9 Å². The average Bonchev–Trinajstić information content (AvgIpc) is 2.83. The summed E-state index contributed by atoms with van der Waals surface area (Å²) in [6.45, 7) is 1.74. The fourth-order valence-electron chi connectivity index (χ4n) is 2.93. The molecule has 168 valence electrons. The molecule has 0 aliphatic carbocycles. The zero-order chi connectivity index (χ0) is 23.8. The molecule has 2 atom stereocenters. The number of hydrogen-bond donors (Lipinski definition) is 2. The first-order chi connectivity index (χ1) is 15.9. The normalized spacial score (nSPS) is 12.2. The van der Waals surface area contributed by atoms with Crippen molar-refractivity contribution in [1.82, 2.24) is 0 Å². The Labute approximate surface area is 189 Å². The van der Waals surface area contributed by atoms with E-state index in [9.17, 15) is 24.3 Å². The number of carbonyl (C=O) groups excluding carboxylic acids is 3. The van der Waals surface area contributed by atoms with Crippen molar-refractivity contribution < 1.29 is 33.8 Å². The highest BCUT2D eigenvalue weighted by Gasteiger charge is 2.41. The monoisotopic (exact) mass is 447 g/mol. The van der Waals surface area contributed by atoms with Crippen molar-refractivity contribution >= 4 is 29.5 Å². The number of benzene rings is 3. The van der Waals surface area contributed by atoms with Gasteiger partial charge in [0.2, 0.25) is 12.2 Å². The maximum atomic E-state index is 13.1. The highest BCUT2D eigenvalue weighted by Crippen LogP contribution is 2.18. The number of aliphatic carboxylic acids is 1. The molecular weight excluding hydrogens is 426 g/mol. The molecule has 0 fully saturated rings. The lowest BCUT2D eigenvalue weighted by atomic mass is 10.1. The summed E-state index contributed by atoms with van der Waals surface area (Å²) >= 11 is 0.